The van der Waals surface area contributed by atoms with E-state index in [1.807, 2.05) is 27.7 Å². The molecule has 0 bridgehead atoms. The van der Waals surface area contributed by atoms with Gasteiger partial charge in [0.1, 0.15) is 18.8 Å². The minimum absolute atomic E-state index is 0.0289. The van der Waals surface area contributed by atoms with Crippen LogP contribution in [-0.4, -0.2) is 56.2 Å². The molecule has 0 aliphatic rings. The van der Waals surface area contributed by atoms with Crippen molar-refractivity contribution in [2.24, 2.45) is 11.7 Å². The Morgan fingerprint density at radius 2 is 1.42 bits per heavy atom. The molecule has 0 unspecified atom stereocenters. The summed E-state index contributed by atoms with van der Waals surface area (Å²) < 4.78 is 30.8. The second kappa shape index (κ2) is 18.0. The van der Waals surface area contributed by atoms with Crippen molar-refractivity contribution >= 4 is 24.2 Å². The number of esters is 2. The molecule has 1 rings (SSSR count). The molecule has 0 spiro atoms. The molecule has 0 radical (unpaired) electrons. The molecule has 11 nitrogen and oxygen atoms in total. The van der Waals surface area contributed by atoms with E-state index in [4.69, 9.17) is 34.2 Å². The van der Waals surface area contributed by atoms with Gasteiger partial charge in [0.2, 0.25) is 0 Å². The molecule has 0 heterocycles. The highest BCUT2D eigenvalue weighted by molar-refractivity contribution is 5.76. The van der Waals surface area contributed by atoms with E-state index in [0.717, 1.165) is 12.8 Å². The van der Waals surface area contributed by atoms with Gasteiger partial charge in [0.15, 0.2) is 11.5 Å². The third-order valence-corrected chi connectivity index (χ3v) is 4.96. The fourth-order valence-electron chi connectivity index (χ4n) is 2.94. The number of carbonyl (C=O) groups is 4. The molecule has 0 amide bonds. The maximum atomic E-state index is 12.4. The predicted molar refractivity (Wildman–Crippen MR) is 138 cm³/mol. The SMILES string of the molecule is CCCCOC(=O)Oc1ccc(C[C@H](N)C(=O)O[C@@H](C)COC(=O)CC(C)C)cc1OC(=O)OCCCC. The van der Waals surface area contributed by atoms with Gasteiger partial charge in [0.05, 0.1) is 13.2 Å². The van der Waals surface area contributed by atoms with Crippen molar-refractivity contribution in [3.8, 4) is 11.5 Å². The number of nitrogens with two attached hydrogens (primary N) is 1. The molecule has 0 aliphatic carbocycles. The first kappa shape index (κ1) is 32.7. The molecule has 0 aromatic heterocycles. The minimum Gasteiger partial charge on any atom is -0.462 e. The number of ether oxygens (including phenoxy) is 6. The molecule has 0 saturated carbocycles. The van der Waals surface area contributed by atoms with Crippen molar-refractivity contribution in [3.63, 3.8) is 0 Å². The molecular weight excluding hydrogens is 498 g/mol. The smallest absolute Gasteiger partial charge is 0.462 e. The Morgan fingerprint density at radius 1 is 0.842 bits per heavy atom. The van der Waals surface area contributed by atoms with E-state index in [1.54, 1.807) is 13.0 Å². The zero-order valence-corrected chi connectivity index (χ0v) is 23.0. The van der Waals surface area contributed by atoms with Gasteiger partial charge >= 0.3 is 24.2 Å². The lowest BCUT2D eigenvalue weighted by atomic mass is 10.1. The van der Waals surface area contributed by atoms with Crippen molar-refractivity contribution in [3.05, 3.63) is 23.8 Å². The predicted octanol–water partition coefficient (Wildman–Crippen LogP) is 4.71. The molecule has 38 heavy (non-hydrogen) atoms. The number of benzene rings is 1. The summed E-state index contributed by atoms with van der Waals surface area (Å²) in [7, 11) is 0. The lowest BCUT2D eigenvalue weighted by Crippen LogP contribution is -2.37. The van der Waals surface area contributed by atoms with E-state index in [1.165, 1.54) is 12.1 Å². The quantitative estimate of drug-likeness (QED) is 0.135. The number of unbranched alkanes of at least 4 members (excludes halogenated alkanes) is 2. The van der Waals surface area contributed by atoms with Crippen molar-refractivity contribution in [1.82, 2.24) is 0 Å². The van der Waals surface area contributed by atoms with Crippen LogP contribution in [0.4, 0.5) is 9.59 Å². The summed E-state index contributed by atoms with van der Waals surface area (Å²) in [5, 5.41) is 0. The van der Waals surface area contributed by atoms with Gasteiger partial charge < -0.3 is 34.2 Å². The van der Waals surface area contributed by atoms with Crippen LogP contribution in [0.25, 0.3) is 0 Å². The first-order valence-corrected chi connectivity index (χ1v) is 13.0. The summed E-state index contributed by atoms with van der Waals surface area (Å²) in [5.41, 5.74) is 6.53. The van der Waals surface area contributed by atoms with E-state index in [9.17, 15) is 19.2 Å². The first-order chi connectivity index (χ1) is 18.0. The maximum absolute atomic E-state index is 12.4. The Labute approximate surface area is 224 Å². The highest BCUT2D eigenvalue weighted by atomic mass is 16.7. The molecule has 0 saturated heterocycles. The number of carbonyl (C=O) groups excluding carboxylic acids is 4. The van der Waals surface area contributed by atoms with E-state index in [2.05, 4.69) is 0 Å². The summed E-state index contributed by atoms with van der Waals surface area (Å²) in [6.45, 7) is 9.57. The lowest BCUT2D eigenvalue weighted by Gasteiger charge is -2.18. The highest BCUT2D eigenvalue weighted by Crippen LogP contribution is 2.30. The molecule has 1 aromatic rings. The van der Waals surface area contributed by atoms with Crippen molar-refractivity contribution in [2.45, 2.75) is 85.3 Å². The van der Waals surface area contributed by atoms with Gasteiger partial charge in [0, 0.05) is 6.42 Å². The van der Waals surface area contributed by atoms with Gasteiger partial charge in [-0.1, -0.05) is 46.6 Å². The molecular formula is C27H41NO10. The molecule has 2 atom stereocenters. The van der Waals surface area contributed by atoms with Crippen molar-refractivity contribution in [1.29, 1.82) is 0 Å². The van der Waals surface area contributed by atoms with Crippen LogP contribution in [0.1, 0.15) is 72.3 Å². The van der Waals surface area contributed by atoms with Crippen LogP contribution in [0.3, 0.4) is 0 Å². The average molecular weight is 540 g/mol. The standard InChI is InChI=1S/C27H41NO10/c1-6-8-12-33-26(31)37-22-11-10-20(16-23(22)38-27(32)34-13-9-7-2)15-21(28)25(30)36-19(5)17-35-24(29)14-18(3)4/h10-11,16,18-19,21H,6-9,12-15,17,28H2,1-5H3/t19-,21-/m0/s1. The molecule has 0 aliphatic heterocycles. The minimum atomic E-state index is -1.06. The Balaban J connectivity index is 2.83. The van der Waals surface area contributed by atoms with E-state index >= 15 is 0 Å². The Hall–Kier alpha value is -3.34. The van der Waals surface area contributed by atoms with Gasteiger partial charge in [-0.2, -0.15) is 0 Å². The van der Waals surface area contributed by atoms with Crippen LogP contribution in [0.5, 0.6) is 11.5 Å². The third-order valence-electron chi connectivity index (χ3n) is 4.96. The van der Waals surface area contributed by atoms with Crippen LogP contribution in [0.2, 0.25) is 0 Å². The van der Waals surface area contributed by atoms with Crippen LogP contribution in [-0.2, 0) is 35.0 Å². The highest BCUT2D eigenvalue weighted by Gasteiger charge is 2.22. The zero-order valence-electron chi connectivity index (χ0n) is 23.0. The van der Waals surface area contributed by atoms with Gasteiger partial charge in [-0.15, -0.1) is 0 Å². The molecule has 11 heteroatoms. The average Bonchev–Trinajstić information content (AvgIpc) is 2.84. The van der Waals surface area contributed by atoms with Crippen molar-refractivity contribution < 1.29 is 47.6 Å². The van der Waals surface area contributed by atoms with Crippen LogP contribution >= 0.6 is 0 Å². The van der Waals surface area contributed by atoms with Gasteiger partial charge in [-0.05, 0) is 49.8 Å². The summed E-state index contributed by atoms with van der Waals surface area (Å²) in [6, 6.07) is 3.33. The van der Waals surface area contributed by atoms with Crippen LogP contribution in [0.15, 0.2) is 18.2 Å². The van der Waals surface area contributed by atoms with E-state index in [0.29, 0.717) is 18.4 Å². The topological polar surface area (TPSA) is 150 Å². The second-order valence-electron chi connectivity index (χ2n) is 9.23. The number of rotatable bonds is 16. The van der Waals surface area contributed by atoms with Gasteiger partial charge in [0.25, 0.3) is 0 Å². The largest absolute Gasteiger partial charge is 0.513 e. The zero-order chi connectivity index (χ0) is 28.5. The summed E-state index contributed by atoms with van der Waals surface area (Å²) in [6.07, 6.45) is 0.703. The van der Waals surface area contributed by atoms with Crippen LogP contribution in [0, 0.1) is 5.92 Å². The molecule has 1 aromatic carbocycles. The Morgan fingerprint density at radius 3 is 1.97 bits per heavy atom. The lowest BCUT2D eigenvalue weighted by molar-refractivity contribution is -0.159. The van der Waals surface area contributed by atoms with E-state index in [-0.39, 0.29) is 56.0 Å². The maximum Gasteiger partial charge on any atom is 0.513 e. The van der Waals surface area contributed by atoms with Crippen molar-refractivity contribution in [2.75, 3.05) is 19.8 Å². The first-order valence-electron chi connectivity index (χ1n) is 13.0. The summed E-state index contributed by atoms with van der Waals surface area (Å²) in [4.78, 5) is 48.3. The normalized spacial score (nSPS) is 12.3. The Bertz CT molecular complexity index is 902. The van der Waals surface area contributed by atoms with Gasteiger partial charge in [-0.3, -0.25) is 9.59 Å². The Kier molecular flexibility index (Phi) is 15.5. The third kappa shape index (κ3) is 13.8. The summed E-state index contributed by atoms with van der Waals surface area (Å²) >= 11 is 0. The van der Waals surface area contributed by atoms with E-state index < -0.39 is 30.4 Å². The number of hydrogen-bond donors (Lipinski definition) is 1. The fourth-order valence-corrected chi connectivity index (χ4v) is 2.94. The summed E-state index contributed by atoms with van der Waals surface area (Å²) in [5.74, 6) is -1.06. The van der Waals surface area contributed by atoms with Gasteiger partial charge in [-0.25, -0.2) is 9.59 Å². The molecule has 214 valence electrons. The number of hydrogen-bond acceptors (Lipinski definition) is 11. The monoisotopic (exact) mass is 539 g/mol. The second-order valence-corrected chi connectivity index (χ2v) is 9.23. The fraction of sp³-hybridized carbons (Fsp3) is 0.630. The molecule has 2 N–H and O–H groups in total. The van der Waals surface area contributed by atoms with Crippen LogP contribution < -0.4 is 15.2 Å². The molecule has 0 fully saturated rings.